The molecule has 0 aliphatic heterocycles. The molecular weight excluding hydrogens is 313 g/mol. The monoisotopic (exact) mass is 320 g/mol. The predicted octanol–water partition coefficient (Wildman–Crippen LogP) is 1.72. The molecule has 106 valence electrons. The molecule has 2 rings (SSSR count). The Morgan fingerprint density at radius 2 is 2.10 bits per heavy atom. The summed E-state index contributed by atoms with van der Waals surface area (Å²) < 4.78 is 55.9. The fourth-order valence-electron chi connectivity index (χ4n) is 1.26. The van der Waals surface area contributed by atoms with Crippen LogP contribution in [0.15, 0.2) is 29.2 Å². The molecule has 1 aromatic heterocycles. The van der Waals surface area contributed by atoms with Gasteiger partial charge in [0.1, 0.15) is 16.3 Å². The number of hydrogen-bond donors (Lipinski definition) is 3. The Kier molecular flexibility index (Phi) is 3.38. The number of H-pyrrole nitrogens is 1. The summed E-state index contributed by atoms with van der Waals surface area (Å²) in [6.07, 6.45) is 0. The van der Waals surface area contributed by atoms with Crippen molar-refractivity contribution in [2.45, 2.75) is 4.90 Å². The minimum atomic E-state index is -4.31. The Labute approximate surface area is 118 Å². The lowest BCUT2D eigenvalue weighted by Crippen LogP contribution is -2.12. The first-order valence-corrected chi connectivity index (χ1v) is 6.82. The summed E-state index contributed by atoms with van der Waals surface area (Å²) in [4.78, 5) is 5.41. The topological polar surface area (TPSA) is 116 Å². The zero-order chi connectivity index (χ0) is 15.6. The number of benzene rings is 1. The lowest BCUT2D eigenvalue weighted by molar-refractivity contribution is 0.420. The minimum absolute atomic E-state index is 0.115. The van der Waals surface area contributed by atoms with Crippen molar-refractivity contribution in [2.75, 3.05) is 0 Å². The van der Waals surface area contributed by atoms with Crippen LogP contribution in [0.4, 0.5) is 4.39 Å². The number of nitrogens with one attached hydrogen (secondary N) is 2. The summed E-state index contributed by atoms with van der Waals surface area (Å²) >= 11 is 5.51. The van der Waals surface area contributed by atoms with Crippen molar-refractivity contribution in [2.24, 2.45) is 0 Å². The molecule has 2 aromatic rings. The molecule has 0 saturated carbocycles. The smallest absolute Gasteiger partial charge is 0.303 e. The standard InChI is InChI=1S/C10H7ClFN3O4S/c11-7-8(12)14-10(15-9(7)13)19-5-1-3-6(4-2-5)20(16,17)18/h1-4H,(H2,13,14,15)(H,16,17,18)/i/hD. The van der Waals surface area contributed by atoms with Gasteiger partial charge >= 0.3 is 6.01 Å². The summed E-state index contributed by atoms with van der Waals surface area (Å²) in [6.45, 7) is 0. The lowest BCUT2D eigenvalue weighted by atomic mass is 10.3. The first-order valence-electron chi connectivity index (χ1n) is 5.45. The van der Waals surface area contributed by atoms with Gasteiger partial charge in [-0.3, -0.25) is 14.9 Å². The van der Waals surface area contributed by atoms with Crippen molar-refractivity contribution in [1.82, 2.24) is 9.97 Å². The fraction of sp³-hybridized carbons (Fsp3) is 0. The van der Waals surface area contributed by atoms with Crippen LogP contribution in [-0.2, 0) is 10.1 Å². The highest BCUT2D eigenvalue weighted by Gasteiger charge is 2.11. The largest absolute Gasteiger partial charge is 0.426 e. The van der Waals surface area contributed by atoms with Gasteiger partial charge < -0.3 is 4.74 Å². The Hall–Kier alpha value is -1.97. The van der Waals surface area contributed by atoms with Crippen LogP contribution >= 0.6 is 11.6 Å². The average molecular weight is 321 g/mol. The van der Waals surface area contributed by atoms with E-state index in [0.717, 1.165) is 12.1 Å². The van der Waals surface area contributed by atoms with Crippen molar-refractivity contribution in [3.05, 3.63) is 40.7 Å². The number of rotatable bonds is 3. The van der Waals surface area contributed by atoms with E-state index in [4.69, 9.17) is 22.3 Å². The maximum Gasteiger partial charge on any atom is 0.303 e. The zero-order valence-electron chi connectivity index (χ0n) is 10.5. The molecule has 7 nitrogen and oxygen atoms in total. The van der Waals surface area contributed by atoms with E-state index in [9.17, 15) is 12.8 Å². The van der Waals surface area contributed by atoms with Crippen LogP contribution in [0.1, 0.15) is 0 Å². The third-order valence-electron chi connectivity index (χ3n) is 2.15. The van der Waals surface area contributed by atoms with Gasteiger partial charge in [0.25, 0.3) is 10.1 Å². The average Bonchev–Trinajstić information content (AvgIpc) is 2.42. The van der Waals surface area contributed by atoms with Crippen LogP contribution in [-0.4, -0.2) is 22.9 Å². The highest BCUT2D eigenvalue weighted by Crippen LogP contribution is 2.20. The SMILES string of the molecule is [2H]N=c1[nH]c(Oc2ccc(S(=O)(=O)O)cc2)nc(F)c1Cl. The van der Waals surface area contributed by atoms with Crippen molar-refractivity contribution >= 4 is 21.7 Å². The minimum Gasteiger partial charge on any atom is -0.426 e. The van der Waals surface area contributed by atoms with E-state index >= 15 is 0 Å². The number of aromatic nitrogens is 2. The molecule has 0 amide bonds. The van der Waals surface area contributed by atoms with Crippen LogP contribution in [0.3, 0.4) is 0 Å². The number of aromatic amines is 1. The molecule has 1 heterocycles. The Morgan fingerprint density at radius 1 is 1.45 bits per heavy atom. The maximum absolute atomic E-state index is 13.4. The summed E-state index contributed by atoms with van der Waals surface area (Å²) in [7, 11) is -4.31. The molecular formula is C10H7ClFN3O4S. The van der Waals surface area contributed by atoms with E-state index in [0.29, 0.717) is 0 Å². The van der Waals surface area contributed by atoms with Crippen LogP contribution in [0, 0.1) is 11.4 Å². The molecule has 0 saturated heterocycles. The van der Waals surface area contributed by atoms with E-state index in [1.54, 1.807) is 0 Å². The van der Waals surface area contributed by atoms with Crippen LogP contribution in [0.5, 0.6) is 11.8 Å². The molecule has 0 spiro atoms. The molecule has 3 N–H and O–H groups in total. The first kappa shape index (κ1) is 13.0. The number of halogens is 2. The quantitative estimate of drug-likeness (QED) is 0.588. The van der Waals surface area contributed by atoms with Crippen molar-refractivity contribution in [3.8, 4) is 11.8 Å². The van der Waals surface area contributed by atoms with Crippen LogP contribution < -0.4 is 10.2 Å². The van der Waals surface area contributed by atoms with Crippen LogP contribution in [0.25, 0.3) is 0 Å². The predicted molar refractivity (Wildman–Crippen MR) is 65.7 cm³/mol. The Morgan fingerprint density at radius 3 is 2.65 bits per heavy atom. The van der Waals surface area contributed by atoms with Gasteiger partial charge in [0.05, 0.1) is 4.90 Å². The first-order chi connectivity index (χ1) is 9.81. The van der Waals surface area contributed by atoms with Crippen LogP contribution in [0.2, 0.25) is 6.43 Å². The summed E-state index contributed by atoms with van der Waals surface area (Å²) in [6, 6.07) is 4.30. The summed E-state index contributed by atoms with van der Waals surface area (Å²) in [5, 5.41) is 2.51. The van der Waals surface area contributed by atoms with E-state index in [-0.39, 0.29) is 22.1 Å². The summed E-state index contributed by atoms with van der Waals surface area (Å²) in [5.41, 5.74) is -0.284. The number of ether oxygens (including phenoxy) is 1. The second-order valence-electron chi connectivity index (χ2n) is 3.54. The van der Waals surface area contributed by atoms with Gasteiger partial charge in [-0.05, 0) is 24.3 Å². The molecule has 0 aliphatic rings. The van der Waals surface area contributed by atoms with E-state index < -0.39 is 21.1 Å². The van der Waals surface area contributed by atoms with Crippen molar-refractivity contribution in [1.29, 1.82) is 5.40 Å². The summed E-state index contributed by atoms with van der Waals surface area (Å²) in [5.74, 6) is -0.963. The number of hydrogen-bond acceptors (Lipinski definition) is 5. The molecule has 1 aromatic carbocycles. The van der Waals surface area contributed by atoms with Crippen molar-refractivity contribution < 1.29 is 23.5 Å². The van der Waals surface area contributed by atoms with Gasteiger partial charge in [-0.25, -0.2) is 0 Å². The molecule has 0 unspecified atom stereocenters. The zero-order valence-corrected chi connectivity index (χ0v) is 11.1. The van der Waals surface area contributed by atoms with E-state index in [1.165, 1.54) is 12.1 Å². The van der Waals surface area contributed by atoms with Gasteiger partial charge in [0.15, 0.2) is 1.41 Å². The second kappa shape index (κ2) is 5.19. The van der Waals surface area contributed by atoms with Gasteiger partial charge in [0.2, 0.25) is 5.95 Å². The fourth-order valence-corrected chi connectivity index (χ4v) is 1.83. The molecule has 10 heteroatoms. The Bertz CT molecular complexity index is 838. The van der Waals surface area contributed by atoms with Gasteiger partial charge in [0, 0.05) is 0 Å². The van der Waals surface area contributed by atoms with Gasteiger partial charge in [-0.1, -0.05) is 11.6 Å². The van der Waals surface area contributed by atoms with E-state index in [1.807, 2.05) is 0 Å². The normalized spacial score (nSPS) is 13.2. The lowest BCUT2D eigenvalue weighted by Gasteiger charge is -2.05. The third kappa shape index (κ3) is 3.13. The Balaban J connectivity index is 2.33. The van der Waals surface area contributed by atoms with Gasteiger partial charge in [-0.2, -0.15) is 17.8 Å². The highest BCUT2D eigenvalue weighted by molar-refractivity contribution is 7.85. The molecule has 0 atom stereocenters. The molecule has 0 bridgehead atoms. The second-order valence-corrected chi connectivity index (χ2v) is 5.34. The molecule has 20 heavy (non-hydrogen) atoms. The van der Waals surface area contributed by atoms with Crippen molar-refractivity contribution in [3.63, 3.8) is 0 Å². The van der Waals surface area contributed by atoms with Gasteiger partial charge in [-0.15, -0.1) is 0 Å². The molecule has 0 aliphatic carbocycles. The molecule has 0 radical (unpaired) electrons. The number of nitrogens with zero attached hydrogens (tertiary/aromatic N) is 1. The highest BCUT2D eigenvalue weighted by atomic mass is 35.5. The maximum atomic E-state index is 13.4. The van der Waals surface area contributed by atoms with E-state index in [2.05, 4.69) is 15.4 Å². The molecule has 0 fully saturated rings. The third-order valence-corrected chi connectivity index (χ3v) is 3.35.